The van der Waals surface area contributed by atoms with Crippen molar-refractivity contribution in [1.29, 1.82) is 0 Å². The van der Waals surface area contributed by atoms with E-state index in [1.807, 2.05) is 27.7 Å². The lowest BCUT2D eigenvalue weighted by atomic mass is 10.1. The van der Waals surface area contributed by atoms with Gasteiger partial charge in [-0.3, -0.25) is 19.7 Å². The van der Waals surface area contributed by atoms with E-state index in [9.17, 15) is 27.6 Å². The van der Waals surface area contributed by atoms with Gasteiger partial charge in [0.15, 0.2) is 0 Å². The molecule has 0 aliphatic heterocycles. The lowest BCUT2D eigenvalue weighted by Crippen LogP contribution is -2.46. The van der Waals surface area contributed by atoms with E-state index >= 15 is 0 Å². The van der Waals surface area contributed by atoms with Gasteiger partial charge in [0.2, 0.25) is 11.8 Å². The van der Waals surface area contributed by atoms with Crippen molar-refractivity contribution in [3.63, 3.8) is 0 Å². The number of nitrogens with one attached hydrogen (secondary N) is 1. The predicted molar refractivity (Wildman–Crippen MR) is 87.1 cm³/mol. The van der Waals surface area contributed by atoms with E-state index in [0.717, 1.165) is 12.8 Å². The number of carbonyl (C=O) groups is 4. The topological polar surface area (TPSA) is 147 Å². The molecule has 0 spiro atoms. The number of carboxylic acid groups (broad SMARTS) is 2. The maximum absolute atomic E-state index is 11.2. The third kappa shape index (κ3) is 19.9. The third-order valence-corrected chi connectivity index (χ3v) is 2.47. The molecule has 8 nitrogen and oxygen atoms in total. The zero-order chi connectivity index (χ0) is 21.5. The Hall–Kier alpha value is -2.17. The highest BCUT2D eigenvalue weighted by molar-refractivity contribution is 5.97. The largest absolute Gasteiger partial charge is 0.490 e. The van der Waals surface area contributed by atoms with Gasteiger partial charge in [-0.2, -0.15) is 13.2 Å². The quantitative estimate of drug-likeness (QED) is 0.543. The molecule has 0 heterocycles. The minimum Gasteiger partial charge on any atom is -0.481 e. The zero-order valence-corrected chi connectivity index (χ0v) is 15.2. The summed E-state index contributed by atoms with van der Waals surface area (Å²) in [6.07, 6.45) is -2.96. The van der Waals surface area contributed by atoms with Crippen LogP contribution in [0.4, 0.5) is 13.2 Å². The van der Waals surface area contributed by atoms with Crippen LogP contribution in [0.25, 0.3) is 0 Å². The number of amides is 2. The number of carboxylic acids is 2. The average Bonchev–Trinajstić information content (AvgIpc) is 2.46. The fourth-order valence-electron chi connectivity index (χ4n) is 1.03. The Labute approximate surface area is 149 Å². The summed E-state index contributed by atoms with van der Waals surface area (Å²) in [6.45, 7) is 7.41. The molecule has 0 aliphatic carbocycles. The standard InChI is InChI=1S/C9H18N2O2.C4H8O2.C2HF3O2/c1-4-5-7(12)11-9(13)8(10)6(2)3;1-2-3-4(5)6;3-2(4,5)1(6)7/h6,8H,4-5,10H2,1-3H3,(H,11,12,13);2-3H2,1H3,(H,5,6);(H,6,7). The maximum Gasteiger partial charge on any atom is 0.490 e. The van der Waals surface area contributed by atoms with Gasteiger partial charge in [0.25, 0.3) is 0 Å². The molecule has 0 aliphatic rings. The molecule has 11 heteroatoms. The van der Waals surface area contributed by atoms with E-state index in [1.54, 1.807) is 0 Å². The molecule has 0 saturated carbocycles. The van der Waals surface area contributed by atoms with Crippen LogP contribution in [-0.4, -0.2) is 46.2 Å². The normalized spacial score (nSPS) is 11.3. The van der Waals surface area contributed by atoms with Crippen molar-refractivity contribution in [2.75, 3.05) is 0 Å². The second-order valence-corrected chi connectivity index (χ2v) is 5.38. The van der Waals surface area contributed by atoms with Gasteiger partial charge in [0.1, 0.15) is 0 Å². The fraction of sp³-hybridized carbons (Fsp3) is 0.733. The van der Waals surface area contributed by atoms with Crippen molar-refractivity contribution in [2.24, 2.45) is 11.7 Å². The number of aliphatic carboxylic acids is 2. The van der Waals surface area contributed by atoms with E-state index in [2.05, 4.69) is 5.32 Å². The van der Waals surface area contributed by atoms with Crippen LogP contribution in [0.15, 0.2) is 0 Å². The first kappa shape index (κ1) is 28.6. The summed E-state index contributed by atoms with van der Waals surface area (Å²) in [6, 6.07) is -0.596. The Kier molecular flexibility index (Phi) is 16.6. The fourth-order valence-corrected chi connectivity index (χ4v) is 1.03. The number of alkyl halides is 3. The number of imide groups is 1. The molecule has 1 atom stereocenters. The van der Waals surface area contributed by atoms with Gasteiger partial charge >= 0.3 is 18.1 Å². The van der Waals surface area contributed by atoms with Crippen LogP contribution in [0.3, 0.4) is 0 Å². The van der Waals surface area contributed by atoms with Crippen molar-refractivity contribution in [2.45, 2.75) is 65.6 Å². The summed E-state index contributed by atoms with van der Waals surface area (Å²) in [5, 5.41) is 17.3. The monoisotopic (exact) mass is 388 g/mol. The average molecular weight is 388 g/mol. The Morgan fingerprint density at radius 1 is 1.00 bits per heavy atom. The van der Waals surface area contributed by atoms with Gasteiger partial charge in [-0.1, -0.05) is 27.7 Å². The molecule has 0 aromatic carbocycles. The van der Waals surface area contributed by atoms with E-state index < -0.39 is 24.2 Å². The Morgan fingerprint density at radius 3 is 1.58 bits per heavy atom. The van der Waals surface area contributed by atoms with Crippen molar-refractivity contribution in [3.05, 3.63) is 0 Å². The van der Waals surface area contributed by atoms with E-state index in [4.69, 9.17) is 20.7 Å². The van der Waals surface area contributed by atoms with Crippen LogP contribution in [0.5, 0.6) is 0 Å². The van der Waals surface area contributed by atoms with E-state index in [-0.39, 0.29) is 17.7 Å². The number of halogens is 3. The minimum atomic E-state index is -5.08. The van der Waals surface area contributed by atoms with Crippen LogP contribution in [0.2, 0.25) is 0 Å². The first-order chi connectivity index (χ1) is 11.7. The van der Waals surface area contributed by atoms with Gasteiger partial charge in [0, 0.05) is 12.8 Å². The molecule has 0 rings (SSSR count). The summed E-state index contributed by atoms with van der Waals surface area (Å²) in [4.78, 5) is 40.7. The lowest BCUT2D eigenvalue weighted by Gasteiger charge is -2.14. The third-order valence-electron chi connectivity index (χ3n) is 2.47. The Balaban J connectivity index is -0.000000342. The first-order valence-corrected chi connectivity index (χ1v) is 7.81. The molecule has 26 heavy (non-hydrogen) atoms. The van der Waals surface area contributed by atoms with Gasteiger partial charge < -0.3 is 15.9 Å². The van der Waals surface area contributed by atoms with E-state index in [0.29, 0.717) is 12.8 Å². The molecule has 0 fully saturated rings. The van der Waals surface area contributed by atoms with Crippen molar-refractivity contribution >= 4 is 23.8 Å². The number of rotatable bonds is 6. The lowest BCUT2D eigenvalue weighted by molar-refractivity contribution is -0.192. The summed E-state index contributed by atoms with van der Waals surface area (Å²) >= 11 is 0. The Morgan fingerprint density at radius 2 is 1.38 bits per heavy atom. The summed E-state index contributed by atoms with van der Waals surface area (Å²) in [5.74, 6) is -4.04. The van der Waals surface area contributed by atoms with Gasteiger partial charge in [-0.05, 0) is 18.8 Å². The van der Waals surface area contributed by atoms with Crippen LogP contribution in [0.1, 0.15) is 53.4 Å². The minimum absolute atomic E-state index is 0.0504. The molecular formula is C15H27F3N2O6. The second kappa shape index (κ2) is 15.1. The molecule has 0 aromatic rings. The van der Waals surface area contributed by atoms with Crippen LogP contribution in [-0.2, 0) is 19.2 Å². The van der Waals surface area contributed by atoms with Crippen LogP contribution in [0, 0.1) is 5.92 Å². The molecular weight excluding hydrogens is 361 g/mol. The molecule has 1 unspecified atom stereocenters. The smallest absolute Gasteiger partial charge is 0.481 e. The summed E-state index contributed by atoms with van der Waals surface area (Å²) in [7, 11) is 0. The molecule has 0 aromatic heterocycles. The van der Waals surface area contributed by atoms with Gasteiger partial charge in [0.05, 0.1) is 6.04 Å². The van der Waals surface area contributed by atoms with Crippen LogP contribution < -0.4 is 11.1 Å². The maximum atomic E-state index is 11.2. The zero-order valence-electron chi connectivity index (χ0n) is 15.2. The molecule has 0 saturated heterocycles. The highest BCUT2D eigenvalue weighted by atomic mass is 19.4. The SMILES string of the molecule is CCCC(=O)NC(=O)C(N)C(C)C.CCCC(=O)O.O=C(O)C(F)(F)F. The summed E-state index contributed by atoms with van der Waals surface area (Å²) in [5.41, 5.74) is 5.54. The van der Waals surface area contributed by atoms with Gasteiger partial charge in [-0.25, -0.2) is 4.79 Å². The van der Waals surface area contributed by atoms with Crippen molar-refractivity contribution in [3.8, 4) is 0 Å². The molecule has 0 bridgehead atoms. The Bertz CT molecular complexity index is 453. The van der Waals surface area contributed by atoms with Crippen molar-refractivity contribution in [1.82, 2.24) is 5.32 Å². The second-order valence-electron chi connectivity index (χ2n) is 5.38. The number of hydrogen-bond acceptors (Lipinski definition) is 5. The number of hydrogen-bond donors (Lipinski definition) is 4. The predicted octanol–water partition coefficient (Wildman–Crippen LogP) is 1.92. The van der Waals surface area contributed by atoms with E-state index in [1.165, 1.54) is 0 Å². The van der Waals surface area contributed by atoms with Crippen LogP contribution >= 0.6 is 0 Å². The molecule has 154 valence electrons. The van der Waals surface area contributed by atoms with Gasteiger partial charge in [-0.15, -0.1) is 0 Å². The summed E-state index contributed by atoms with van der Waals surface area (Å²) < 4.78 is 31.7. The molecule has 5 N–H and O–H groups in total. The highest BCUT2D eigenvalue weighted by Gasteiger charge is 2.38. The molecule has 0 radical (unpaired) electrons. The van der Waals surface area contributed by atoms with Crippen molar-refractivity contribution < 1.29 is 42.6 Å². The molecule has 2 amide bonds. The number of nitrogens with two attached hydrogens (primary N) is 1. The highest BCUT2D eigenvalue weighted by Crippen LogP contribution is 2.13. The first-order valence-electron chi connectivity index (χ1n) is 7.81. The number of carbonyl (C=O) groups excluding carboxylic acids is 2.